The number of carbonyl (C=O) groups excluding carboxylic acids is 1. The second-order valence-corrected chi connectivity index (χ2v) is 2.67. The Hall–Kier alpha value is -1.32. The molecule has 0 radical (unpaired) electrons. The molecule has 1 amide bonds. The zero-order valence-electron chi connectivity index (χ0n) is 7.04. The summed E-state index contributed by atoms with van der Waals surface area (Å²) >= 11 is 0. The number of carboxylic acid groups (broad SMARTS) is 1. The van der Waals surface area contributed by atoms with Gasteiger partial charge >= 0.3 is 5.97 Å². The van der Waals surface area contributed by atoms with Crippen molar-refractivity contribution in [3.63, 3.8) is 0 Å². The molecule has 0 aliphatic heterocycles. The molecule has 0 fully saturated rings. The molecule has 0 saturated heterocycles. The molecule has 0 bridgehead atoms. The summed E-state index contributed by atoms with van der Waals surface area (Å²) in [5.74, 6) is -1.01. The van der Waals surface area contributed by atoms with E-state index in [0.717, 1.165) is 5.57 Å². The Morgan fingerprint density at radius 2 is 2.33 bits per heavy atom. The highest BCUT2D eigenvalue weighted by Crippen LogP contribution is 2.04. The smallest absolute Gasteiger partial charge is 0.326 e. The van der Waals surface area contributed by atoms with Gasteiger partial charge in [0.1, 0.15) is 6.04 Å². The van der Waals surface area contributed by atoms with E-state index >= 15 is 0 Å². The summed E-state index contributed by atoms with van der Waals surface area (Å²) in [6.45, 7) is 5.46. The van der Waals surface area contributed by atoms with E-state index < -0.39 is 12.0 Å². The highest BCUT2D eigenvalue weighted by Gasteiger charge is 2.14. The number of allylic oxidation sites excluding steroid dienone is 1. The number of nitrogens with one attached hydrogen (secondary N) is 1. The number of amides is 1. The van der Waals surface area contributed by atoms with Gasteiger partial charge in [0.2, 0.25) is 6.41 Å². The van der Waals surface area contributed by atoms with Crippen molar-refractivity contribution in [2.45, 2.75) is 25.8 Å². The van der Waals surface area contributed by atoms with E-state index in [9.17, 15) is 9.59 Å². The predicted molar refractivity (Wildman–Crippen MR) is 44.7 cm³/mol. The van der Waals surface area contributed by atoms with Gasteiger partial charge in [-0.1, -0.05) is 5.57 Å². The zero-order valence-corrected chi connectivity index (χ0v) is 7.04. The number of hydrogen-bond donors (Lipinski definition) is 2. The summed E-state index contributed by atoms with van der Waals surface area (Å²) in [5.41, 5.74) is 0.911. The molecule has 1 atom stereocenters. The topological polar surface area (TPSA) is 66.4 Å². The number of hydrogen-bond acceptors (Lipinski definition) is 2. The van der Waals surface area contributed by atoms with Gasteiger partial charge in [-0.3, -0.25) is 4.79 Å². The van der Waals surface area contributed by atoms with Crippen LogP contribution in [-0.2, 0) is 9.59 Å². The normalized spacial score (nSPS) is 11.8. The van der Waals surface area contributed by atoms with E-state index in [0.29, 0.717) is 19.3 Å². The van der Waals surface area contributed by atoms with Crippen molar-refractivity contribution in [1.82, 2.24) is 5.32 Å². The Balaban J connectivity index is 3.86. The van der Waals surface area contributed by atoms with Gasteiger partial charge < -0.3 is 10.4 Å². The van der Waals surface area contributed by atoms with Crippen LogP contribution in [0.3, 0.4) is 0 Å². The second-order valence-electron chi connectivity index (χ2n) is 2.67. The van der Waals surface area contributed by atoms with Crippen molar-refractivity contribution in [3.8, 4) is 0 Å². The van der Waals surface area contributed by atoms with Crippen LogP contribution in [0.25, 0.3) is 0 Å². The third-order valence-electron chi connectivity index (χ3n) is 1.43. The highest BCUT2D eigenvalue weighted by atomic mass is 16.4. The molecule has 0 aromatic rings. The third kappa shape index (κ3) is 4.49. The lowest BCUT2D eigenvalue weighted by molar-refractivity contribution is -0.140. The first-order chi connectivity index (χ1) is 5.57. The molecule has 12 heavy (non-hydrogen) atoms. The fourth-order valence-electron chi connectivity index (χ4n) is 0.751. The summed E-state index contributed by atoms with van der Waals surface area (Å²) in [5, 5.41) is 10.8. The van der Waals surface area contributed by atoms with Gasteiger partial charge in [0.25, 0.3) is 0 Å². The van der Waals surface area contributed by atoms with E-state index in [1.807, 2.05) is 6.92 Å². The Morgan fingerprint density at radius 1 is 1.75 bits per heavy atom. The minimum atomic E-state index is -1.01. The fraction of sp³-hybridized carbons (Fsp3) is 0.500. The van der Waals surface area contributed by atoms with Crippen molar-refractivity contribution in [1.29, 1.82) is 0 Å². The van der Waals surface area contributed by atoms with Crippen LogP contribution < -0.4 is 5.32 Å². The van der Waals surface area contributed by atoms with Gasteiger partial charge in [-0.15, -0.1) is 6.58 Å². The molecule has 1 unspecified atom stereocenters. The van der Waals surface area contributed by atoms with Crippen molar-refractivity contribution >= 4 is 12.4 Å². The molecule has 68 valence electrons. The Morgan fingerprint density at radius 3 is 2.67 bits per heavy atom. The van der Waals surface area contributed by atoms with E-state index in [4.69, 9.17) is 5.11 Å². The fourth-order valence-corrected chi connectivity index (χ4v) is 0.751. The van der Waals surface area contributed by atoms with Crippen molar-refractivity contribution in [2.24, 2.45) is 0 Å². The highest BCUT2D eigenvalue weighted by molar-refractivity contribution is 5.76. The maximum Gasteiger partial charge on any atom is 0.326 e. The summed E-state index contributed by atoms with van der Waals surface area (Å²) < 4.78 is 0. The van der Waals surface area contributed by atoms with E-state index in [2.05, 4.69) is 11.9 Å². The molecule has 0 saturated carbocycles. The molecular formula is C8H13NO3. The lowest BCUT2D eigenvalue weighted by Gasteiger charge is -2.09. The molecule has 2 N–H and O–H groups in total. The standard InChI is InChI=1S/C8H13NO3/c1-6(2)3-4-7(8(11)12)9-5-10/h5,7H,1,3-4H2,2H3,(H,9,10)(H,11,12). The molecule has 4 nitrogen and oxygen atoms in total. The van der Waals surface area contributed by atoms with E-state index in [1.165, 1.54) is 0 Å². The quantitative estimate of drug-likeness (QED) is 0.453. The minimum absolute atomic E-state index is 0.392. The van der Waals surface area contributed by atoms with Crippen LogP contribution >= 0.6 is 0 Å². The number of carboxylic acids is 1. The van der Waals surface area contributed by atoms with Gasteiger partial charge in [-0.2, -0.15) is 0 Å². The molecule has 0 rings (SSSR count). The molecule has 0 aliphatic carbocycles. The van der Waals surface area contributed by atoms with Crippen molar-refractivity contribution in [3.05, 3.63) is 12.2 Å². The molecule has 0 heterocycles. The van der Waals surface area contributed by atoms with E-state index in [1.54, 1.807) is 0 Å². The molecule has 4 heteroatoms. The molecule has 0 spiro atoms. The Labute approximate surface area is 71.3 Å². The average Bonchev–Trinajstić information content (AvgIpc) is 1.96. The summed E-state index contributed by atoms with van der Waals surface area (Å²) in [4.78, 5) is 20.4. The SMILES string of the molecule is C=C(C)CCC(NC=O)C(=O)O. The largest absolute Gasteiger partial charge is 0.480 e. The van der Waals surface area contributed by atoms with Gasteiger partial charge in [-0.25, -0.2) is 4.79 Å². The third-order valence-corrected chi connectivity index (χ3v) is 1.43. The number of aliphatic carboxylic acids is 1. The lowest BCUT2D eigenvalue weighted by Crippen LogP contribution is -2.35. The summed E-state index contributed by atoms with van der Waals surface area (Å²) in [6.07, 6.45) is 1.40. The molecule has 0 aliphatic rings. The van der Waals surface area contributed by atoms with Crippen LogP contribution in [0.4, 0.5) is 0 Å². The first-order valence-corrected chi connectivity index (χ1v) is 3.64. The zero-order chi connectivity index (χ0) is 9.56. The van der Waals surface area contributed by atoms with Gasteiger partial charge in [0.15, 0.2) is 0 Å². The van der Waals surface area contributed by atoms with Crippen LogP contribution in [0.1, 0.15) is 19.8 Å². The minimum Gasteiger partial charge on any atom is -0.480 e. The molecular weight excluding hydrogens is 158 g/mol. The lowest BCUT2D eigenvalue weighted by atomic mass is 10.1. The van der Waals surface area contributed by atoms with Crippen molar-refractivity contribution in [2.75, 3.05) is 0 Å². The molecule has 0 aromatic carbocycles. The number of rotatable bonds is 6. The first-order valence-electron chi connectivity index (χ1n) is 3.64. The maximum atomic E-state index is 10.5. The van der Waals surface area contributed by atoms with E-state index in [-0.39, 0.29) is 0 Å². The second kappa shape index (κ2) is 5.35. The van der Waals surface area contributed by atoms with Crippen LogP contribution in [0, 0.1) is 0 Å². The van der Waals surface area contributed by atoms with Crippen LogP contribution in [0.15, 0.2) is 12.2 Å². The number of carbonyl (C=O) groups is 2. The van der Waals surface area contributed by atoms with Gasteiger partial charge in [-0.05, 0) is 19.8 Å². The van der Waals surface area contributed by atoms with Crippen LogP contribution in [-0.4, -0.2) is 23.5 Å². The van der Waals surface area contributed by atoms with Gasteiger partial charge in [0.05, 0.1) is 0 Å². The summed E-state index contributed by atoms with van der Waals surface area (Å²) in [6, 6.07) is -0.792. The Kier molecular flexibility index (Phi) is 4.76. The van der Waals surface area contributed by atoms with Gasteiger partial charge in [0, 0.05) is 0 Å². The first kappa shape index (κ1) is 10.7. The maximum absolute atomic E-state index is 10.5. The monoisotopic (exact) mass is 171 g/mol. The van der Waals surface area contributed by atoms with Crippen LogP contribution in [0.5, 0.6) is 0 Å². The predicted octanol–water partition coefficient (Wildman–Crippen LogP) is 0.542. The molecule has 0 aromatic heterocycles. The Bertz CT molecular complexity index is 189. The van der Waals surface area contributed by atoms with Crippen LogP contribution in [0.2, 0.25) is 0 Å². The average molecular weight is 171 g/mol. The summed E-state index contributed by atoms with van der Waals surface area (Å²) in [7, 11) is 0. The van der Waals surface area contributed by atoms with Crippen molar-refractivity contribution < 1.29 is 14.7 Å².